The number of likely N-dealkylation sites (tertiary alicyclic amines) is 1. The lowest BCUT2D eigenvalue weighted by Crippen LogP contribution is -2.39. The summed E-state index contributed by atoms with van der Waals surface area (Å²) in [4.78, 5) is 19.1. The van der Waals surface area contributed by atoms with E-state index in [1.54, 1.807) is 7.11 Å². The molecule has 1 N–H and O–H groups in total. The number of nitrogens with zero attached hydrogens (tertiary/aromatic N) is 3. The number of carbonyl (C=O) groups excluding carboxylic acids is 1. The number of hydrogen-bond acceptors (Lipinski definition) is 4. The topological polar surface area (TPSA) is 71.1 Å². The van der Waals surface area contributed by atoms with Crippen LogP contribution in [0.25, 0.3) is 0 Å². The summed E-state index contributed by atoms with van der Waals surface area (Å²) in [5.41, 5.74) is 1.16. The van der Waals surface area contributed by atoms with Crippen molar-refractivity contribution in [2.24, 2.45) is 0 Å². The van der Waals surface area contributed by atoms with Crippen LogP contribution in [0.1, 0.15) is 49.3 Å². The molecule has 2 heterocycles. The minimum atomic E-state index is 0.215. The van der Waals surface area contributed by atoms with Gasteiger partial charge in [-0.05, 0) is 37.0 Å². The largest absolute Gasteiger partial charge is 0.497 e. The fourth-order valence-corrected chi connectivity index (χ4v) is 3.27. The molecule has 0 bridgehead atoms. The Bertz CT molecular complexity index is 696. The van der Waals surface area contributed by atoms with E-state index in [9.17, 15) is 4.79 Å². The molecule has 6 nitrogen and oxygen atoms in total. The predicted octanol–water partition coefficient (Wildman–Crippen LogP) is 2.71. The molecule has 0 unspecified atom stereocenters. The summed E-state index contributed by atoms with van der Waals surface area (Å²) in [6, 6.07) is 7.91. The van der Waals surface area contributed by atoms with Gasteiger partial charge in [0.05, 0.1) is 7.11 Å². The molecule has 1 atom stereocenters. The third-order valence-electron chi connectivity index (χ3n) is 4.81. The van der Waals surface area contributed by atoms with Crippen LogP contribution in [0.2, 0.25) is 0 Å². The van der Waals surface area contributed by atoms with Crippen LogP contribution in [0.4, 0.5) is 0 Å². The zero-order valence-corrected chi connectivity index (χ0v) is 15.0. The zero-order valence-electron chi connectivity index (χ0n) is 15.0. The minimum Gasteiger partial charge on any atom is -0.497 e. The number of H-pyrrole nitrogens is 1. The van der Waals surface area contributed by atoms with Gasteiger partial charge in [-0.3, -0.25) is 9.89 Å². The van der Waals surface area contributed by atoms with E-state index in [2.05, 4.69) is 22.1 Å². The summed E-state index contributed by atoms with van der Waals surface area (Å²) in [5, 5.41) is 7.31. The van der Waals surface area contributed by atoms with Crippen LogP contribution < -0.4 is 4.74 Å². The first-order valence-electron chi connectivity index (χ1n) is 9.01. The Labute approximate surface area is 148 Å². The molecule has 134 valence electrons. The van der Waals surface area contributed by atoms with E-state index >= 15 is 0 Å². The number of nitrogens with one attached hydrogen (secondary N) is 1. The second-order valence-electron chi connectivity index (χ2n) is 6.52. The van der Waals surface area contributed by atoms with Crippen LogP contribution in [-0.2, 0) is 17.6 Å². The first-order valence-corrected chi connectivity index (χ1v) is 9.01. The standard InChI is InChI=1S/C19H26N4O2/c1-3-17-20-19(22-21-17)15-5-4-12-23(13-15)18(24)11-8-14-6-9-16(25-2)10-7-14/h6-7,9-10,15H,3-5,8,11-13H2,1-2H3,(H,20,21,22)/t15-/m1/s1. The maximum absolute atomic E-state index is 12.6. The fraction of sp³-hybridized carbons (Fsp3) is 0.526. The van der Waals surface area contributed by atoms with Gasteiger partial charge < -0.3 is 9.64 Å². The molecular weight excluding hydrogens is 316 g/mol. The Kier molecular flexibility index (Phi) is 5.68. The van der Waals surface area contributed by atoms with Crippen molar-refractivity contribution in [2.75, 3.05) is 20.2 Å². The van der Waals surface area contributed by atoms with Crippen molar-refractivity contribution in [1.29, 1.82) is 0 Å². The number of benzene rings is 1. The lowest BCUT2D eigenvalue weighted by molar-refractivity contribution is -0.132. The van der Waals surface area contributed by atoms with Crippen molar-refractivity contribution in [1.82, 2.24) is 20.1 Å². The number of methoxy groups -OCH3 is 1. The van der Waals surface area contributed by atoms with Gasteiger partial charge in [0.2, 0.25) is 5.91 Å². The van der Waals surface area contributed by atoms with Crippen LogP contribution in [0.3, 0.4) is 0 Å². The predicted molar refractivity (Wildman–Crippen MR) is 95.6 cm³/mol. The Morgan fingerprint density at radius 1 is 1.36 bits per heavy atom. The summed E-state index contributed by atoms with van der Waals surface area (Å²) in [6.45, 7) is 3.62. The van der Waals surface area contributed by atoms with Crippen molar-refractivity contribution < 1.29 is 9.53 Å². The molecule has 1 aliphatic heterocycles. The number of aromatic amines is 1. The lowest BCUT2D eigenvalue weighted by Gasteiger charge is -2.31. The molecule has 2 aromatic rings. The van der Waals surface area contributed by atoms with Crippen LogP contribution in [0.5, 0.6) is 5.75 Å². The van der Waals surface area contributed by atoms with Crippen LogP contribution in [-0.4, -0.2) is 46.2 Å². The Hall–Kier alpha value is -2.37. The Morgan fingerprint density at radius 3 is 2.84 bits per heavy atom. The van der Waals surface area contributed by atoms with Crippen molar-refractivity contribution in [3.05, 3.63) is 41.5 Å². The van der Waals surface area contributed by atoms with E-state index in [1.807, 2.05) is 29.2 Å². The molecule has 1 fully saturated rings. The maximum atomic E-state index is 12.6. The van der Waals surface area contributed by atoms with Crippen LogP contribution in [0.15, 0.2) is 24.3 Å². The van der Waals surface area contributed by atoms with E-state index in [4.69, 9.17) is 4.74 Å². The molecule has 25 heavy (non-hydrogen) atoms. The van der Waals surface area contributed by atoms with Gasteiger partial charge in [0.15, 0.2) is 5.82 Å². The zero-order chi connectivity index (χ0) is 17.6. The van der Waals surface area contributed by atoms with E-state index < -0.39 is 0 Å². The summed E-state index contributed by atoms with van der Waals surface area (Å²) < 4.78 is 5.16. The van der Waals surface area contributed by atoms with E-state index in [-0.39, 0.29) is 11.8 Å². The Morgan fingerprint density at radius 2 is 2.16 bits per heavy atom. The van der Waals surface area contributed by atoms with Gasteiger partial charge in [0.1, 0.15) is 11.6 Å². The van der Waals surface area contributed by atoms with Gasteiger partial charge in [0.25, 0.3) is 0 Å². The van der Waals surface area contributed by atoms with Crippen molar-refractivity contribution in [3.63, 3.8) is 0 Å². The Balaban J connectivity index is 1.54. The molecule has 0 saturated carbocycles. The third kappa shape index (κ3) is 4.38. The average Bonchev–Trinajstić information content (AvgIpc) is 3.16. The molecule has 3 rings (SSSR count). The van der Waals surface area contributed by atoms with Gasteiger partial charge in [-0.2, -0.15) is 5.10 Å². The molecule has 6 heteroatoms. The van der Waals surface area contributed by atoms with Gasteiger partial charge in [-0.1, -0.05) is 19.1 Å². The smallest absolute Gasteiger partial charge is 0.222 e. The fourth-order valence-electron chi connectivity index (χ4n) is 3.27. The number of aromatic nitrogens is 3. The first kappa shape index (κ1) is 17.5. The highest BCUT2D eigenvalue weighted by molar-refractivity contribution is 5.76. The SMILES string of the molecule is CCc1nc([C@@H]2CCCN(C(=O)CCc3ccc(OC)cc3)C2)n[nH]1. The van der Waals surface area contributed by atoms with Gasteiger partial charge in [-0.15, -0.1) is 0 Å². The minimum absolute atomic E-state index is 0.215. The van der Waals surface area contributed by atoms with Gasteiger partial charge in [-0.25, -0.2) is 4.98 Å². The highest BCUT2D eigenvalue weighted by Crippen LogP contribution is 2.25. The molecule has 1 saturated heterocycles. The summed E-state index contributed by atoms with van der Waals surface area (Å²) in [7, 11) is 1.66. The molecule has 0 spiro atoms. The van der Waals surface area contributed by atoms with E-state index in [1.165, 1.54) is 0 Å². The number of carbonyl (C=O) groups is 1. The second kappa shape index (κ2) is 8.14. The number of aryl methyl sites for hydroxylation is 2. The molecule has 1 amide bonds. The second-order valence-corrected chi connectivity index (χ2v) is 6.52. The van der Waals surface area contributed by atoms with E-state index in [0.29, 0.717) is 6.42 Å². The molecule has 1 aromatic carbocycles. The molecule has 0 radical (unpaired) electrons. The number of rotatable bonds is 6. The normalized spacial score (nSPS) is 17.5. The molecular formula is C19H26N4O2. The summed E-state index contributed by atoms with van der Waals surface area (Å²) >= 11 is 0. The highest BCUT2D eigenvalue weighted by atomic mass is 16.5. The maximum Gasteiger partial charge on any atom is 0.222 e. The summed E-state index contributed by atoms with van der Waals surface area (Å²) in [6.07, 6.45) is 4.19. The molecule has 0 aliphatic carbocycles. The number of hydrogen-bond donors (Lipinski definition) is 1. The monoisotopic (exact) mass is 342 g/mol. The third-order valence-corrected chi connectivity index (χ3v) is 4.81. The number of amides is 1. The van der Waals surface area contributed by atoms with Crippen molar-refractivity contribution >= 4 is 5.91 Å². The van der Waals surface area contributed by atoms with Crippen LogP contribution in [0, 0.1) is 0 Å². The molecule has 1 aromatic heterocycles. The van der Waals surface area contributed by atoms with Crippen molar-refractivity contribution in [3.8, 4) is 5.75 Å². The lowest BCUT2D eigenvalue weighted by atomic mass is 9.97. The summed E-state index contributed by atoms with van der Waals surface area (Å²) in [5.74, 6) is 3.07. The van der Waals surface area contributed by atoms with Gasteiger partial charge >= 0.3 is 0 Å². The molecule has 1 aliphatic rings. The quantitative estimate of drug-likeness (QED) is 0.876. The average molecular weight is 342 g/mol. The highest BCUT2D eigenvalue weighted by Gasteiger charge is 2.27. The number of piperidine rings is 1. The van der Waals surface area contributed by atoms with E-state index in [0.717, 1.165) is 61.7 Å². The van der Waals surface area contributed by atoms with Gasteiger partial charge in [0, 0.05) is 31.8 Å². The first-order chi connectivity index (χ1) is 12.2. The number of ether oxygens (including phenoxy) is 1. The van der Waals surface area contributed by atoms with Crippen molar-refractivity contribution in [2.45, 2.75) is 44.9 Å². The van der Waals surface area contributed by atoms with Crippen LogP contribution >= 0.6 is 0 Å².